The molecule has 5 nitrogen and oxygen atoms in total. The maximum absolute atomic E-state index is 12.8. The molecule has 3 aromatic carbocycles. The van der Waals surface area contributed by atoms with Gasteiger partial charge in [0.2, 0.25) is 0 Å². The lowest BCUT2D eigenvalue weighted by molar-refractivity contribution is -0.123. The highest BCUT2D eigenvalue weighted by molar-refractivity contribution is 9.11. The Kier molecular flexibility index (Phi) is 7.36. The minimum atomic E-state index is -0.431. The molecule has 0 aliphatic carbocycles. The van der Waals surface area contributed by atoms with Crippen molar-refractivity contribution in [3.63, 3.8) is 0 Å². The van der Waals surface area contributed by atoms with Crippen LogP contribution in [0.3, 0.4) is 0 Å². The summed E-state index contributed by atoms with van der Waals surface area (Å²) in [6, 6.07) is 18.9. The monoisotopic (exact) mass is 632 g/mol. The van der Waals surface area contributed by atoms with E-state index in [9.17, 15) is 9.59 Å². The molecule has 33 heavy (non-hydrogen) atoms. The smallest absolute Gasteiger partial charge is 0.329 e. The van der Waals surface area contributed by atoms with Crippen molar-refractivity contribution >= 4 is 65.8 Å². The Bertz CT molecular complexity index is 1220. The van der Waals surface area contributed by atoms with Crippen LogP contribution in [0.4, 0.5) is 4.79 Å². The summed E-state index contributed by atoms with van der Waals surface area (Å²) in [7, 11) is 0. The SMILES string of the molecule is Cc1ccc(CN2C(=O)N/C(=C/c3cc(Br)c(OCc4ccc(Br)cc4)c(Br)c3)C2=O)cc1. The summed E-state index contributed by atoms with van der Waals surface area (Å²) in [4.78, 5) is 26.4. The number of ether oxygens (including phenoxy) is 1. The molecule has 3 aromatic rings. The molecule has 0 spiro atoms. The lowest BCUT2D eigenvalue weighted by Gasteiger charge is -2.12. The van der Waals surface area contributed by atoms with Crippen molar-refractivity contribution in [1.29, 1.82) is 0 Å². The first-order chi connectivity index (χ1) is 15.8. The third-order valence-corrected chi connectivity index (χ3v) is 6.76. The Morgan fingerprint density at radius 2 is 1.52 bits per heavy atom. The van der Waals surface area contributed by atoms with Crippen LogP contribution in [0, 0.1) is 6.92 Å². The van der Waals surface area contributed by atoms with Crippen LogP contribution in [0.25, 0.3) is 6.08 Å². The molecular formula is C25H19Br3N2O3. The van der Waals surface area contributed by atoms with Crippen LogP contribution in [0.2, 0.25) is 0 Å². The molecule has 0 unspecified atom stereocenters. The molecular weight excluding hydrogens is 616 g/mol. The number of nitrogens with one attached hydrogen (secondary N) is 1. The summed E-state index contributed by atoms with van der Waals surface area (Å²) in [6.07, 6.45) is 1.66. The van der Waals surface area contributed by atoms with Gasteiger partial charge in [0.25, 0.3) is 5.91 Å². The Balaban J connectivity index is 1.49. The fourth-order valence-corrected chi connectivity index (χ4v) is 5.01. The van der Waals surface area contributed by atoms with E-state index in [1.54, 1.807) is 6.08 Å². The third kappa shape index (κ3) is 5.75. The highest BCUT2D eigenvalue weighted by atomic mass is 79.9. The number of nitrogens with zero attached hydrogens (tertiary/aromatic N) is 1. The molecule has 168 valence electrons. The predicted molar refractivity (Wildman–Crippen MR) is 139 cm³/mol. The van der Waals surface area contributed by atoms with Gasteiger partial charge in [-0.05, 0) is 85.8 Å². The molecule has 4 rings (SSSR count). The molecule has 1 heterocycles. The summed E-state index contributed by atoms with van der Waals surface area (Å²) in [6.45, 7) is 2.62. The molecule has 0 aromatic heterocycles. The van der Waals surface area contributed by atoms with Crippen molar-refractivity contribution < 1.29 is 14.3 Å². The maximum atomic E-state index is 12.8. The van der Waals surface area contributed by atoms with Crippen LogP contribution >= 0.6 is 47.8 Å². The molecule has 0 bridgehead atoms. The zero-order chi connectivity index (χ0) is 23.5. The van der Waals surface area contributed by atoms with E-state index in [-0.39, 0.29) is 18.1 Å². The number of carbonyl (C=O) groups is 2. The number of aryl methyl sites for hydroxylation is 1. The Morgan fingerprint density at radius 3 is 2.15 bits per heavy atom. The summed E-state index contributed by atoms with van der Waals surface area (Å²) in [5, 5.41) is 2.67. The summed E-state index contributed by atoms with van der Waals surface area (Å²) < 4.78 is 8.45. The Morgan fingerprint density at radius 1 is 0.909 bits per heavy atom. The van der Waals surface area contributed by atoms with Crippen LogP contribution in [0.5, 0.6) is 5.75 Å². The van der Waals surface area contributed by atoms with Gasteiger partial charge in [-0.25, -0.2) is 4.79 Å². The van der Waals surface area contributed by atoms with Crippen LogP contribution in [-0.4, -0.2) is 16.8 Å². The molecule has 1 fully saturated rings. The zero-order valence-corrected chi connectivity index (χ0v) is 22.3. The number of hydrogen-bond donors (Lipinski definition) is 1. The minimum Gasteiger partial charge on any atom is -0.487 e. The van der Waals surface area contributed by atoms with Gasteiger partial charge in [0.15, 0.2) is 0 Å². The standard InChI is InChI=1S/C25H19Br3N2O3/c1-15-2-4-16(5-3-15)13-30-24(31)22(29-25(30)32)12-18-10-20(27)23(21(28)11-18)33-14-17-6-8-19(26)9-7-17/h2-12H,13-14H2,1H3,(H,29,32)/b22-12+. The summed E-state index contributed by atoms with van der Waals surface area (Å²) in [5.74, 6) is 0.297. The van der Waals surface area contributed by atoms with Crippen molar-refractivity contribution in [1.82, 2.24) is 10.2 Å². The highest BCUT2D eigenvalue weighted by Gasteiger charge is 2.33. The van der Waals surface area contributed by atoms with E-state index >= 15 is 0 Å². The first-order valence-corrected chi connectivity index (χ1v) is 12.4. The van der Waals surface area contributed by atoms with Gasteiger partial charge in [0.1, 0.15) is 18.1 Å². The predicted octanol–water partition coefficient (Wildman–Crippen LogP) is 6.95. The number of hydrogen-bond acceptors (Lipinski definition) is 3. The lowest BCUT2D eigenvalue weighted by Crippen LogP contribution is -2.30. The molecule has 1 saturated heterocycles. The van der Waals surface area contributed by atoms with Crippen molar-refractivity contribution in [2.24, 2.45) is 0 Å². The van der Waals surface area contributed by atoms with E-state index in [2.05, 4.69) is 53.1 Å². The molecule has 0 radical (unpaired) electrons. The van der Waals surface area contributed by atoms with Gasteiger partial charge in [-0.3, -0.25) is 9.69 Å². The second kappa shape index (κ2) is 10.2. The number of amides is 3. The molecule has 0 atom stereocenters. The summed E-state index contributed by atoms with van der Waals surface area (Å²) >= 11 is 10.5. The fourth-order valence-electron chi connectivity index (χ4n) is 3.29. The molecule has 1 aliphatic heterocycles. The van der Waals surface area contributed by atoms with Crippen molar-refractivity contribution in [3.05, 3.63) is 102 Å². The second-order valence-electron chi connectivity index (χ2n) is 7.59. The topological polar surface area (TPSA) is 58.6 Å². The third-order valence-electron chi connectivity index (χ3n) is 5.05. The first-order valence-electron chi connectivity index (χ1n) is 10.1. The van der Waals surface area contributed by atoms with Gasteiger partial charge in [0.05, 0.1) is 15.5 Å². The van der Waals surface area contributed by atoms with Gasteiger partial charge in [-0.2, -0.15) is 0 Å². The first kappa shape index (κ1) is 23.7. The van der Waals surface area contributed by atoms with Crippen LogP contribution in [0.15, 0.2) is 79.8 Å². The Labute approximate surface area is 217 Å². The van der Waals surface area contributed by atoms with Gasteiger partial charge in [0, 0.05) is 4.47 Å². The maximum Gasteiger partial charge on any atom is 0.329 e. The average Bonchev–Trinajstić information content (AvgIpc) is 3.03. The molecule has 3 amide bonds. The largest absolute Gasteiger partial charge is 0.487 e. The molecule has 1 N–H and O–H groups in total. The molecule has 1 aliphatic rings. The average molecular weight is 635 g/mol. The Hall–Kier alpha value is -2.42. The van der Waals surface area contributed by atoms with E-state index in [0.29, 0.717) is 12.4 Å². The quantitative estimate of drug-likeness (QED) is 0.236. The lowest BCUT2D eigenvalue weighted by atomic mass is 10.1. The van der Waals surface area contributed by atoms with E-state index < -0.39 is 6.03 Å². The number of halogens is 3. The van der Waals surface area contributed by atoms with E-state index in [0.717, 1.165) is 35.7 Å². The molecule has 8 heteroatoms. The zero-order valence-electron chi connectivity index (χ0n) is 17.6. The van der Waals surface area contributed by atoms with Crippen molar-refractivity contribution in [2.45, 2.75) is 20.1 Å². The minimum absolute atomic E-state index is 0.221. The van der Waals surface area contributed by atoms with Crippen molar-refractivity contribution in [3.8, 4) is 5.75 Å². The highest BCUT2D eigenvalue weighted by Crippen LogP contribution is 2.36. The van der Waals surface area contributed by atoms with E-state index in [4.69, 9.17) is 4.74 Å². The van der Waals surface area contributed by atoms with Crippen LogP contribution in [0.1, 0.15) is 22.3 Å². The van der Waals surface area contributed by atoms with Crippen LogP contribution in [-0.2, 0) is 17.9 Å². The van der Waals surface area contributed by atoms with Crippen LogP contribution < -0.4 is 10.1 Å². The summed E-state index contributed by atoms with van der Waals surface area (Å²) in [5.41, 5.74) is 4.02. The number of urea groups is 1. The van der Waals surface area contributed by atoms with Gasteiger partial charge in [-0.1, -0.05) is 57.9 Å². The van der Waals surface area contributed by atoms with Gasteiger partial charge < -0.3 is 10.1 Å². The fraction of sp³-hybridized carbons (Fsp3) is 0.120. The van der Waals surface area contributed by atoms with E-state index in [1.165, 1.54) is 4.90 Å². The normalized spacial score (nSPS) is 14.7. The number of benzene rings is 3. The van der Waals surface area contributed by atoms with Crippen molar-refractivity contribution in [2.75, 3.05) is 0 Å². The van der Waals surface area contributed by atoms with Gasteiger partial charge in [-0.15, -0.1) is 0 Å². The second-order valence-corrected chi connectivity index (χ2v) is 10.2. The number of rotatable bonds is 6. The molecule has 0 saturated carbocycles. The number of imide groups is 1. The van der Waals surface area contributed by atoms with E-state index in [1.807, 2.05) is 67.6 Å². The number of carbonyl (C=O) groups excluding carboxylic acids is 2. The van der Waals surface area contributed by atoms with Gasteiger partial charge >= 0.3 is 6.03 Å².